The summed E-state index contributed by atoms with van der Waals surface area (Å²) in [7, 11) is 0. The van der Waals surface area contributed by atoms with E-state index in [0.29, 0.717) is 32.4 Å². The number of carbonyl (C=O) groups excluding carboxylic acids is 4. The van der Waals surface area contributed by atoms with Crippen LogP contribution in [0.15, 0.2) is 12.2 Å². The minimum Gasteiger partial charge on any atom is -0.371 e. The third-order valence-electron chi connectivity index (χ3n) is 2.77. The molecule has 21 heavy (non-hydrogen) atoms. The van der Waals surface area contributed by atoms with E-state index in [1.54, 1.807) is 0 Å². The van der Waals surface area contributed by atoms with Gasteiger partial charge in [0.1, 0.15) is 6.79 Å². The maximum atomic E-state index is 11.1. The van der Waals surface area contributed by atoms with E-state index in [9.17, 15) is 19.2 Å². The van der Waals surface area contributed by atoms with Crippen LogP contribution in [0.3, 0.4) is 0 Å². The van der Waals surface area contributed by atoms with Gasteiger partial charge in [0.05, 0.1) is 0 Å². The molecule has 1 fully saturated rings. The second-order valence-corrected chi connectivity index (χ2v) is 4.38. The van der Waals surface area contributed by atoms with E-state index in [2.05, 4.69) is 5.32 Å². The van der Waals surface area contributed by atoms with Gasteiger partial charge >= 0.3 is 0 Å². The molecule has 2 aliphatic heterocycles. The number of aliphatic hydroxyl groups is 1. The molecule has 0 aromatic carbocycles. The molecule has 0 aromatic rings. The Morgan fingerprint density at radius 2 is 1.62 bits per heavy atom. The van der Waals surface area contributed by atoms with E-state index in [1.807, 2.05) is 0 Å². The SMILES string of the molecule is O=C1C=CC(=O)N1CCCCOCO.O=C1CCC(=O)N1. The van der Waals surface area contributed by atoms with Crippen LogP contribution in [-0.2, 0) is 23.9 Å². The summed E-state index contributed by atoms with van der Waals surface area (Å²) in [6, 6.07) is 0. The van der Waals surface area contributed by atoms with Crippen molar-refractivity contribution in [3.8, 4) is 0 Å². The second-order valence-electron chi connectivity index (χ2n) is 4.38. The van der Waals surface area contributed by atoms with Gasteiger partial charge in [-0.1, -0.05) is 0 Å². The zero-order chi connectivity index (χ0) is 15.7. The molecule has 2 aliphatic rings. The fourth-order valence-corrected chi connectivity index (χ4v) is 1.70. The third kappa shape index (κ3) is 6.28. The first-order chi connectivity index (χ1) is 10.0. The van der Waals surface area contributed by atoms with E-state index < -0.39 is 0 Å². The minimum atomic E-state index is -0.289. The highest BCUT2D eigenvalue weighted by molar-refractivity contribution is 6.12. The van der Waals surface area contributed by atoms with Gasteiger partial charge in [-0.25, -0.2) is 0 Å². The summed E-state index contributed by atoms with van der Waals surface area (Å²) >= 11 is 0. The largest absolute Gasteiger partial charge is 0.371 e. The summed E-state index contributed by atoms with van der Waals surface area (Å²) in [5, 5.41) is 10.4. The van der Waals surface area contributed by atoms with Crippen LogP contribution in [0.25, 0.3) is 0 Å². The van der Waals surface area contributed by atoms with E-state index in [0.717, 1.165) is 6.42 Å². The number of carbonyl (C=O) groups is 4. The van der Waals surface area contributed by atoms with E-state index >= 15 is 0 Å². The summed E-state index contributed by atoms with van der Waals surface area (Å²) in [4.78, 5) is 43.5. The lowest BCUT2D eigenvalue weighted by Crippen LogP contribution is -2.30. The molecule has 0 aromatic heterocycles. The Bertz CT molecular complexity index is 414. The van der Waals surface area contributed by atoms with Crippen molar-refractivity contribution in [3.63, 3.8) is 0 Å². The first-order valence-electron chi connectivity index (χ1n) is 6.59. The summed E-state index contributed by atoms with van der Waals surface area (Å²) in [5.41, 5.74) is 0. The summed E-state index contributed by atoms with van der Waals surface area (Å²) in [6.07, 6.45) is 4.70. The van der Waals surface area contributed by atoms with Crippen molar-refractivity contribution < 1.29 is 29.0 Å². The molecule has 2 rings (SSSR count). The molecule has 0 aliphatic carbocycles. The zero-order valence-electron chi connectivity index (χ0n) is 11.5. The summed E-state index contributed by atoms with van der Waals surface area (Å²) < 4.78 is 4.70. The van der Waals surface area contributed by atoms with Crippen molar-refractivity contribution in [2.45, 2.75) is 25.7 Å². The Morgan fingerprint density at radius 1 is 1.05 bits per heavy atom. The second kappa shape index (κ2) is 8.98. The highest BCUT2D eigenvalue weighted by Gasteiger charge is 2.22. The molecule has 0 atom stereocenters. The molecular formula is C13H18N2O6. The molecule has 8 nitrogen and oxygen atoms in total. The van der Waals surface area contributed by atoms with Crippen LogP contribution in [0.1, 0.15) is 25.7 Å². The first kappa shape index (κ1) is 17.0. The normalized spacial score (nSPS) is 17.1. The Hall–Kier alpha value is -2.06. The monoisotopic (exact) mass is 298 g/mol. The van der Waals surface area contributed by atoms with Crippen molar-refractivity contribution in [1.82, 2.24) is 10.2 Å². The van der Waals surface area contributed by atoms with Gasteiger partial charge in [-0.15, -0.1) is 0 Å². The van der Waals surface area contributed by atoms with Gasteiger partial charge in [0.15, 0.2) is 0 Å². The highest BCUT2D eigenvalue weighted by atomic mass is 16.6. The van der Waals surface area contributed by atoms with Gasteiger partial charge in [0.25, 0.3) is 11.8 Å². The number of nitrogens with zero attached hydrogens (tertiary/aromatic N) is 1. The van der Waals surface area contributed by atoms with Crippen molar-refractivity contribution in [3.05, 3.63) is 12.2 Å². The number of imide groups is 2. The van der Waals surface area contributed by atoms with E-state index in [1.165, 1.54) is 17.1 Å². The molecule has 116 valence electrons. The molecule has 0 saturated carbocycles. The topological polar surface area (TPSA) is 113 Å². The summed E-state index contributed by atoms with van der Waals surface area (Å²) in [5.74, 6) is -0.800. The Balaban J connectivity index is 0.000000262. The maximum absolute atomic E-state index is 11.1. The van der Waals surface area contributed by atoms with Crippen LogP contribution >= 0.6 is 0 Å². The minimum absolute atomic E-state index is 0.148. The van der Waals surface area contributed by atoms with Crippen LogP contribution in [-0.4, -0.2) is 53.6 Å². The number of ether oxygens (including phenoxy) is 1. The van der Waals surface area contributed by atoms with Crippen molar-refractivity contribution in [2.24, 2.45) is 0 Å². The van der Waals surface area contributed by atoms with Gasteiger partial charge in [0, 0.05) is 38.1 Å². The van der Waals surface area contributed by atoms with Crippen molar-refractivity contribution >= 4 is 23.6 Å². The number of unbranched alkanes of at least 4 members (excludes halogenated alkanes) is 1. The molecule has 0 unspecified atom stereocenters. The van der Waals surface area contributed by atoms with E-state index in [-0.39, 0.29) is 30.4 Å². The molecule has 0 bridgehead atoms. The molecular weight excluding hydrogens is 280 g/mol. The first-order valence-corrected chi connectivity index (χ1v) is 6.59. The zero-order valence-corrected chi connectivity index (χ0v) is 11.5. The standard InChI is InChI=1S/C9H13NO4.C4H5NO2/c11-7-14-6-2-1-5-10-8(12)3-4-9(10)13;6-3-1-2-4(7)5-3/h3-4,11H,1-2,5-7H2;1-2H2,(H,5,6,7). The lowest BCUT2D eigenvalue weighted by molar-refractivity contribution is -0.137. The number of amides is 4. The van der Waals surface area contributed by atoms with Crippen LogP contribution in [0.2, 0.25) is 0 Å². The predicted octanol–water partition coefficient (Wildman–Crippen LogP) is -0.919. The maximum Gasteiger partial charge on any atom is 0.253 e. The molecule has 0 spiro atoms. The molecule has 1 saturated heterocycles. The fraction of sp³-hybridized carbons (Fsp3) is 0.538. The van der Waals surface area contributed by atoms with Gasteiger partial charge in [-0.3, -0.25) is 29.4 Å². The quantitative estimate of drug-likeness (QED) is 0.372. The number of aliphatic hydroxyl groups excluding tert-OH is 1. The van der Waals surface area contributed by atoms with E-state index in [4.69, 9.17) is 9.84 Å². The Kier molecular flexibility index (Phi) is 7.27. The van der Waals surface area contributed by atoms with Crippen LogP contribution in [0.5, 0.6) is 0 Å². The highest BCUT2D eigenvalue weighted by Crippen LogP contribution is 2.05. The van der Waals surface area contributed by atoms with Gasteiger partial charge in [0.2, 0.25) is 11.8 Å². The molecule has 2 heterocycles. The van der Waals surface area contributed by atoms with Crippen molar-refractivity contribution in [1.29, 1.82) is 0 Å². The molecule has 4 amide bonds. The van der Waals surface area contributed by atoms with Crippen LogP contribution < -0.4 is 5.32 Å². The van der Waals surface area contributed by atoms with Gasteiger partial charge in [-0.2, -0.15) is 0 Å². The Morgan fingerprint density at radius 3 is 2.05 bits per heavy atom. The lowest BCUT2D eigenvalue weighted by atomic mass is 10.3. The summed E-state index contributed by atoms with van der Waals surface area (Å²) in [6.45, 7) is 0.572. The molecule has 8 heteroatoms. The number of rotatable bonds is 6. The fourth-order valence-electron chi connectivity index (χ4n) is 1.70. The van der Waals surface area contributed by atoms with Crippen molar-refractivity contribution in [2.75, 3.05) is 19.9 Å². The number of hydrogen-bond acceptors (Lipinski definition) is 6. The third-order valence-corrected chi connectivity index (χ3v) is 2.77. The lowest BCUT2D eigenvalue weighted by Gasteiger charge is -2.12. The average Bonchev–Trinajstić information content (AvgIpc) is 2.97. The predicted molar refractivity (Wildman–Crippen MR) is 70.5 cm³/mol. The van der Waals surface area contributed by atoms with Gasteiger partial charge in [-0.05, 0) is 12.8 Å². The van der Waals surface area contributed by atoms with Gasteiger partial charge < -0.3 is 9.84 Å². The van der Waals surface area contributed by atoms with Crippen LogP contribution in [0.4, 0.5) is 0 Å². The smallest absolute Gasteiger partial charge is 0.253 e. The number of hydrogen-bond donors (Lipinski definition) is 2. The Labute approximate surface area is 121 Å². The van der Waals surface area contributed by atoms with Crippen LogP contribution in [0, 0.1) is 0 Å². The number of nitrogens with one attached hydrogen (secondary N) is 1. The average molecular weight is 298 g/mol. The molecule has 0 radical (unpaired) electrons. The molecule has 2 N–H and O–H groups in total.